The van der Waals surface area contributed by atoms with Gasteiger partial charge in [0.2, 0.25) is 0 Å². The summed E-state index contributed by atoms with van der Waals surface area (Å²) in [4.78, 5) is 0. The third kappa shape index (κ3) is 2.28. The quantitative estimate of drug-likeness (QED) is 0.729. The number of benzene rings is 2. The molecule has 2 N–H and O–H groups in total. The summed E-state index contributed by atoms with van der Waals surface area (Å²) in [6, 6.07) is 14.1. The van der Waals surface area contributed by atoms with Gasteiger partial charge in [0.05, 0.1) is 10.5 Å². The molecular weight excluding hydrogens is 314 g/mol. The molecule has 0 radical (unpaired) electrons. The molecule has 0 spiro atoms. The van der Waals surface area contributed by atoms with Crippen LogP contribution >= 0.6 is 15.9 Å². The normalized spacial score (nSPS) is 12.8. The monoisotopic (exact) mass is 329 g/mol. The van der Waals surface area contributed by atoms with E-state index in [-0.39, 0.29) is 6.04 Å². The first-order valence-corrected chi connectivity index (χ1v) is 7.36. The highest BCUT2D eigenvalue weighted by atomic mass is 79.9. The summed E-state index contributed by atoms with van der Waals surface area (Å²) in [5.41, 5.74) is 10.7. The second-order valence-electron chi connectivity index (χ2n) is 5.14. The molecule has 20 heavy (non-hydrogen) atoms. The molecule has 0 aliphatic heterocycles. The Labute approximate surface area is 126 Å². The lowest BCUT2D eigenvalue weighted by molar-refractivity contribution is 0.523. The highest BCUT2D eigenvalue weighted by Crippen LogP contribution is 2.32. The molecule has 2 nitrogen and oxygen atoms in total. The van der Waals surface area contributed by atoms with Crippen LogP contribution in [0, 0.1) is 13.8 Å². The van der Waals surface area contributed by atoms with Crippen LogP contribution in [0.1, 0.15) is 28.5 Å². The van der Waals surface area contributed by atoms with Crippen molar-refractivity contribution < 1.29 is 4.42 Å². The van der Waals surface area contributed by atoms with Crippen molar-refractivity contribution in [2.45, 2.75) is 19.9 Å². The summed E-state index contributed by atoms with van der Waals surface area (Å²) in [5, 5.41) is 1.06. The van der Waals surface area contributed by atoms with Crippen molar-refractivity contribution in [3.05, 3.63) is 69.4 Å². The van der Waals surface area contributed by atoms with Gasteiger partial charge in [-0.1, -0.05) is 35.9 Å². The van der Waals surface area contributed by atoms with E-state index in [1.54, 1.807) is 0 Å². The Kier molecular flexibility index (Phi) is 3.40. The van der Waals surface area contributed by atoms with E-state index in [1.807, 2.05) is 24.3 Å². The number of rotatable bonds is 2. The van der Waals surface area contributed by atoms with Crippen molar-refractivity contribution in [2.24, 2.45) is 5.73 Å². The number of nitrogens with two attached hydrogens (primary N) is 1. The smallest absolute Gasteiger partial charge is 0.148 e. The van der Waals surface area contributed by atoms with E-state index in [4.69, 9.17) is 10.2 Å². The van der Waals surface area contributed by atoms with Crippen molar-refractivity contribution in [1.29, 1.82) is 0 Å². The molecular formula is C17H16BrNO. The van der Waals surface area contributed by atoms with E-state index in [0.717, 1.165) is 26.8 Å². The lowest BCUT2D eigenvalue weighted by Gasteiger charge is -2.13. The molecule has 0 fully saturated rings. The molecule has 3 aromatic rings. The molecule has 0 saturated heterocycles. The maximum absolute atomic E-state index is 6.39. The molecule has 3 heteroatoms. The van der Waals surface area contributed by atoms with Crippen LogP contribution in [0.3, 0.4) is 0 Å². The SMILES string of the molecule is Cc1ccc(C)c(C(N)c2cc3cccc(Br)c3o2)c1. The van der Waals surface area contributed by atoms with Gasteiger partial charge in [0.15, 0.2) is 0 Å². The zero-order chi connectivity index (χ0) is 14.3. The van der Waals surface area contributed by atoms with Crippen LogP contribution in [0.2, 0.25) is 0 Å². The van der Waals surface area contributed by atoms with Gasteiger partial charge in [0.1, 0.15) is 11.3 Å². The summed E-state index contributed by atoms with van der Waals surface area (Å²) >= 11 is 3.51. The van der Waals surface area contributed by atoms with Gasteiger partial charge in [-0.3, -0.25) is 0 Å². The van der Waals surface area contributed by atoms with Crippen molar-refractivity contribution >= 4 is 26.9 Å². The molecule has 0 bridgehead atoms. The third-order valence-electron chi connectivity index (χ3n) is 3.59. The number of aryl methyl sites for hydroxylation is 2. The summed E-state index contributed by atoms with van der Waals surface area (Å²) < 4.78 is 6.89. The first-order valence-electron chi connectivity index (χ1n) is 6.57. The van der Waals surface area contributed by atoms with E-state index in [9.17, 15) is 0 Å². The number of hydrogen-bond acceptors (Lipinski definition) is 2. The largest absolute Gasteiger partial charge is 0.458 e. The van der Waals surface area contributed by atoms with Crippen molar-refractivity contribution in [2.75, 3.05) is 0 Å². The second kappa shape index (κ2) is 5.08. The number of furan rings is 1. The fraction of sp³-hybridized carbons (Fsp3) is 0.176. The lowest BCUT2D eigenvalue weighted by Crippen LogP contribution is -2.12. The van der Waals surface area contributed by atoms with Gasteiger partial charge in [-0.15, -0.1) is 0 Å². The Morgan fingerprint density at radius 1 is 1.10 bits per heavy atom. The molecule has 1 unspecified atom stereocenters. The third-order valence-corrected chi connectivity index (χ3v) is 4.22. The van der Waals surface area contributed by atoms with Gasteiger partial charge < -0.3 is 10.2 Å². The first-order chi connectivity index (χ1) is 9.56. The molecule has 1 aromatic heterocycles. The van der Waals surface area contributed by atoms with Gasteiger partial charge in [-0.05, 0) is 53.0 Å². The minimum Gasteiger partial charge on any atom is -0.458 e. The van der Waals surface area contributed by atoms with Crippen molar-refractivity contribution in [3.8, 4) is 0 Å². The standard InChI is InChI=1S/C17H16BrNO/c1-10-6-7-11(2)13(8-10)16(19)15-9-12-4-3-5-14(18)17(12)20-15/h3-9,16H,19H2,1-2H3. The zero-order valence-corrected chi connectivity index (χ0v) is 13.1. The minimum absolute atomic E-state index is 0.241. The van der Waals surface area contributed by atoms with Crippen LogP contribution in [0.25, 0.3) is 11.0 Å². The summed E-state index contributed by atoms with van der Waals surface area (Å²) in [5.74, 6) is 0.792. The van der Waals surface area contributed by atoms with E-state index < -0.39 is 0 Å². The number of fused-ring (bicyclic) bond motifs is 1. The van der Waals surface area contributed by atoms with Gasteiger partial charge in [0, 0.05) is 5.39 Å². The Morgan fingerprint density at radius 3 is 2.65 bits per heavy atom. The van der Waals surface area contributed by atoms with E-state index in [2.05, 4.69) is 48.0 Å². The molecule has 102 valence electrons. The van der Waals surface area contributed by atoms with Crippen LogP contribution in [-0.2, 0) is 0 Å². The van der Waals surface area contributed by atoms with Crippen LogP contribution in [0.4, 0.5) is 0 Å². The summed E-state index contributed by atoms with van der Waals surface area (Å²) in [6.07, 6.45) is 0. The van der Waals surface area contributed by atoms with E-state index >= 15 is 0 Å². The Hall–Kier alpha value is -1.58. The Morgan fingerprint density at radius 2 is 1.90 bits per heavy atom. The molecule has 1 heterocycles. The Balaban J connectivity index is 2.10. The van der Waals surface area contributed by atoms with Crippen LogP contribution in [0.15, 0.2) is 51.4 Å². The molecule has 1 atom stereocenters. The number of para-hydroxylation sites is 1. The minimum atomic E-state index is -0.241. The van der Waals surface area contributed by atoms with Gasteiger partial charge in [0.25, 0.3) is 0 Å². The predicted molar refractivity (Wildman–Crippen MR) is 85.9 cm³/mol. The highest BCUT2D eigenvalue weighted by Gasteiger charge is 2.17. The van der Waals surface area contributed by atoms with E-state index in [0.29, 0.717) is 0 Å². The molecule has 3 rings (SSSR count). The lowest BCUT2D eigenvalue weighted by atomic mass is 9.98. The van der Waals surface area contributed by atoms with Crippen LogP contribution in [-0.4, -0.2) is 0 Å². The summed E-state index contributed by atoms with van der Waals surface area (Å²) in [6.45, 7) is 4.15. The fourth-order valence-electron chi connectivity index (χ4n) is 2.45. The Bertz CT molecular complexity index is 776. The second-order valence-corrected chi connectivity index (χ2v) is 6.00. The molecule has 2 aromatic carbocycles. The van der Waals surface area contributed by atoms with Gasteiger partial charge >= 0.3 is 0 Å². The molecule has 0 aliphatic carbocycles. The molecule has 0 aliphatic rings. The average Bonchev–Trinajstić information content (AvgIpc) is 2.86. The van der Waals surface area contributed by atoms with Crippen LogP contribution in [0.5, 0.6) is 0 Å². The maximum atomic E-state index is 6.39. The van der Waals surface area contributed by atoms with Gasteiger partial charge in [-0.25, -0.2) is 0 Å². The molecule has 0 saturated carbocycles. The van der Waals surface area contributed by atoms with Crippen LogP contribution < -0.4 is 5.73 Å². The van der Waals surface area contributed by atoms with Crippen molar-refractivity contribution in [3.63, 3.8) is 0 Å². The first kappa shape index (κ1) is 13.4. The topological polar surface area (TPSA) is 39.2 Å². The predicted octanol–water partition coefficient (Wildman–Crippen LogP) is 4.86. The van der Waals surface area contributed by atoms with E-state index in [1.165, 1.54) is 11.1 Å². The fourth-order valence-corrected chi connectivity index (χ4v) is 2.91. The summed E-state index contributed by atoms with van der Waals surface area (Å²) in [7, 11) is 0. The number of halogens is 1. The highest BCUT2D eigenvalue weighted by molar-refractivity contribution is 9.10. The number of hydrogen-bond donors (Lipinski definition) is 1. The van der Waals surface area contributed by atoms with Gasteiger partial charge in [-0.2, -0.15) is 0 Å². The van der Waals surface area contributed by atoms with Crippen molar-refractivity contribution in [1.82, 2.24) is 0 Å². The zero-order valence-electron chi connectivity index (χ0n) is 11.5. The average molecular weight is 330 g/mol. The maximum Gasteiger partial charge on any atom is 0.148 e. The molecule has 0 amide bonds.